The van der Waals surface area contributed by atoms with Crippen LogP contribution in [0.1, 0.15) is 114 Å². The molecule has 436 valence electrons. The lowest BCUT2D eigenvalue weighted by Gasteiger charge is -2.26. The number of fused-ring (bicyclic) bond motifs is 2. The number of carbonyl (C=O) groups excluding carboxylic acids is 5. The number of aliphatic imine (C=N–C) groups is 1. The maximum atomic E-state index is 14.5. The smallest absolute Gasteiger partial charge is 0.407 e. The summed E-state index contributed by atoms with van der Waals surface area (Å²) in [5, 5.41) is 18.2. The Kier molecular flexibility index (Phi) is 31.9. The summed E-state index contributed by atoms with van der Waals surface area (Å²) in [6.45, 7) is 14.3. The van der Waals surface area contributed by atoms with Crippen LogP contribution >= 0.6 is 27.0 Å². The molecular weight excluding hydrogens is 1040 g/mol. The van der Waals surface area contributed by atoms with Crippen molar-refractivity contribution in [3.63, 3.8) is 0 Å². The maximum absolute atomic E-state index is 14.5. The molecule has 0 aliphatic rings. The number of benzene rings is 5. The van der Waals surface area contributed by atoms with Crippen LogP contribution in [0, 0.1) is 11.8 Å². The van der Waals surface area contributed by atoms with Crippen molar-refractivity contribution in [3.8, 4) is 22.6 Å². The number of nitrogens with one attached hydrogen (secondary N) is 5. The highest BCUT2D eigenvalue weighted by Crippen LogP contribution is 2.45. The van der Waals surface area contributed by atoms with E-state index in [4.69, 9.17) is 24.7 Å². The van der Waals surface area contributed by atoms with E-state index < -0.39 is 60.1 Å². The summed E-state index contributed by atoms with van der Waals surface area (Å²) in [5.41, 5.74) is 7.80. The van der Waals surface area contributed by atoms with E-state index in [1.54, 1.807) is 27.8 Å². The van der Waals surface area contributed by atoms with Gasteiger partial charge >= 0.3 is 12.1 Å². The summed E-state index contributed by atoms with van der Waals surface area (Å²) >= 11 is 0. The van der Waals surface area contributed by atoms with E-state index in [1.807, 2.05) is 117 Å². The molecule has 0 aromatic heterocycles. The summed E-state index contributed by atoms with van der Waals surface area (Å²) in [7, 11) is 1.55. The number of nitrogens with two attached hydrogens (primary N) is 1. The van der Waals surface area contributed by atoms with Gasteiger partial charge in [-0.1, -0.05) is 134 Å². The molecule has 5 rings (SSSR count). The molecule has 0 heterocycles. The highest BCUT2D eigenvalue weighted by molar-refractivity contribution is 7.59. The molecule has 5 aromatic carbocycles. The average molecular weight is 1130 g/mol. The highest BCUT2D eigenvalue weighted by Gasteiger charge is 2.31. The topological polar surface area (TPSA) is 221 Å². The minimum Gasteiger partial charge on any atom is -0.493 e. The first-order valence-corrected chi connectivity index (χ1v) is 26.3. The van der Waals surface area contributed by atoms with Crippen molar-refractivity contribution in [1.29, 1.82) is 0 Å². The number of nitrogens with zero attached hydrogens (tertiary/aromatic N) is 1. The zero-order valence-electron chi connectivity index (χ0n) is 46.1. The second kappa shape index (κ2) is 35.8. The van der Waals surface area contributed by atoms with Crippen molar-refractivity contribution in [2.24, 2.45) is 22.6 Å². The first-order valence-electron chi connectivity index (χ1n) is 26.3. The molecule has 0 aliphatic heterocycles. The van der Waals surface area contributed by atoms with Gasteiger partial charge in [-0.15, -0.1) is 0 Å². The van der Waals surface area contributed by atoms with Crippen molar-refractivity contribution in [2.75, 3.05) is 40.0 Å². The lowest BCUT2D eigenvalue weighted by atomic mass is 9.92. The average Bonchev–Trinajstić information content (AvgIpc) is 3.37. The number of hydrogen-bond donors (Lipinski definition) is 6. The molecule has 4 amide bonds. The van der Waals surface area contributed by atoms with Gasteiger partial charge in [0.25, 0.3) is 5.91 Å². The number of unbranched alkanes of at least 4 members (excludes halogenated alkanes) is 1. The van der Waals surface area contributed by atoms with Crippen LogP contribution in [0.5, 0.6) is 11.5 Å². The molecule has 0 fully saturated rings. The summed E-state index contributed by atoms with van der Waals surface area (Å²) in [5.74, 6) is -0.591. The van der Waals surface area contributed by atoms with E-state index >= 15 is 0 Å². The third kappa shape index (κ3) is 23.7. The highest BCUT2D eigenvalue weighted by atomic mass is 32.1. The van der Waals surface area contributed by atoms with E-state index in [1.165, 1.54) is 0 Å². The van der Waals surface area contributed by atoms with Crippen LogP contribution in [0.4, 0.5) is 4.79 Å². The predicted molar refractivity (Wildman–Crippen MR) is 331 cm³/mol. The summed E-state index contributed by atoms with van der Waals surface area (Å²) in [6.07, 6.45) is 2.59. The summed E-state index contributed by atoms with van der Waals surface area (Å²) < 4.78 is 24.0. The van der Waals surface area contributed by atoms with Gasteiger partial charge in [-0.05, 0) is 117 Å². The van der Waals surface area contributed by atoms with Gasteiger partial charge in [-0.2, -0.15) is 27.0 Å². The van der Waals surface area contributed by atoms with Gasteiger partial charge in [0, 0.05) is 37.7 Å². The first kappa shape index (κ1) is 70.4. The normalized spacial score (nSPS) is 12.3. The van der Waals surface area contributed by atoms with Crippen molar-refractivity contribution >= 4 is 84.3 Å². The Hall–Kier alpha value is -6.66. The quantitative estimate of drug-likeness (QED) is 0.0120. The standard InChI is InChI=1S/C59H79N7O9.2CH4.2H2S/c1-39(2)31-35-72-49-29-27-42-21-12-14-23-44(42)52(49)53-45-24-15-13-22-43(45)28-30-50(53)74-38-51(67)64-46(25-16-17-33-63-58(71)75-59(5,6)7)54(68)65-47(26-18-34-62-57(60)61-8)55(69)66-48(37-40(3)4)56(70)73-36-32-41-19-10-9-11-20-41;;;;/h9-15,19-24,27-30,39-40,46-48H,16-18,25-26,31-38H2,1-8H3,(H,63,71)(H,64,67)(H,65,68)(H,66,69)(H3,60,61,62);2*1H4;2*1H2/t46-,47-,48+;;;;/m1..../s1. The number of esters is 1. The Morgan fingerprint density at radius 3 is 1.70 bits per heavy atom. The van der Waals surface area contributed by atoms with E-state index in [2.05, 4.69) is 45.4 Å². The van der Waals surface area contributed by atoms with Gasteiger partial charge in [-0.3, -0.25) is 19.4 Å². The lowest BCUT2D eigenvalue weighted by Crippen LogP contribution is -2.56. The number of alkyl carbamates (subject to hydrolysis) is 1. The third-order valence-corrected chi connectivity index (χ3v) is 12.2. The molecule has 3 atom stereocenters. The molecule has 18 heteroatoms. The van der Waals surface area contributed by atoms with Gasteiger partial charge in [0.15, 0.2) is 12.6 Å². The zero-order chi connectivity index (χ0) is 54.3. The molecule has 16 nitrogen and oxygen atoms in total. The monoisotopic (exact) mass is 1130 g/mol. The Morgan fingerprint density at radius 1 is 0.595 bits per heavy atom. The Balaban J connectivity index is 0.00000780. The summed E-state index contributed by atoms with van der Waals surface area (Å²) in [4.78, 5) is 72.9. The molecule has 7 N–H and O–H groups in total. The number of amides is 4. The first-order chi connectivity index (χ1) is 35.9. The molecule has 79 heavy (non-hydrogen) atoms. The third-order valence-electron chi connectivity index (χ3n) is 12.2. The SMILES string of the molecule is C.C.CN=C(N)NCCC[C@@H](NC(=O)[C@@H](CCCCNC(=O)OC(C)(C)C)NC(=O)COc1ccc2ccccc2c1-c1c(OCCC(C)C)ccc2ccccc12)C(=O)N[C@@H](CC(C)C)C(=O)OCCc1ccccc1.S.S. The molecule has 0 bridgehead atoms. The van der Waals surface area contributed by atoms with Crippen LogP contribution in [0.25, 0.3) is 32.7 Å². The molecule has 0 aliphatic carbocycles. The Morgan fingerprint density at radius 2 is 1.13 bits per heavy atom. The minimum absolute atomic E-state index is 0. The van der Waals surface area contributed by atoms with E-state index in [-0.39, 0.29) is 79.7 Å². The molecule has 0 radical (unpaired) electrons. The van der Waals surface area contributed by atoms with E-state index in [9.17, 15) is 24.0 Å². The van der Waals surface area contributed by atoms with Crippen LogP contribution in [0.2, 0.25) is 0 Å². The largest absolute Gasteiger partial charge is 0.493 e. The van der Waals surface area contributed by atoms with Crippen molar-refractivity contribution in [3.05, 3.63) is 109 Å². The number of hydrogen-bond acceptors (Lipinski definition) is 10. The van der Waals surface area contributed by atoms with Crippen LogP contribution in [-0.2, 0) is 35.1 Å². The molecular formula is C61H91N7O9S2. The molecule has 5 aromatic rings. The van der Waals surface area contributed by atoms with E-state index in [0.29, 0.717) is 62.7 Å². The van der Waals surface area contributed by atoms with Gasteiger partial charge in [0.2, 0.25) is 11.8 Å². The van der Waals surface area contributed by atoms with Gasteiger partial charge in [-0.25, -0.2) is 9.59 Å². The van der Waals surface area contributed by atoms with Crippen LogP contribution in [-0.4, -0.2) is 99.4 Å². The number of guanidine groups is 1. The van der Waals surface area contributed by atoms with Gasteiger partial charge < -0.3 is 51.3 Å². The van der Waals surface area contributed by atoms with Crippen molar-refractivity contribution < 1.29 is 42.9 Å². The predicted octanol–water partition coefficient (Wildman–Crippen LogP) is 10.3. The van der Waals surface area contributed by atoms with Crippen molar-refractivity contribution in [1.82, 2.24) is 26.6 Å². The van der Waals surface area contributed by atoms with Crippen LogP contribution < -0.4 is 41.8 Å². The second-order valence-corrected chi connectivity index (χ2v) is 20.5. The Bertz CT molecular complexity index is 2700. The Labute approximate surface area is 483 Å². The lowest BCUT2D eigenvalue weighted by molar-refractivity contribution is -0.148. The van der Waals surface area contributed by atoms with Crippen LogP contribution in [0.3, 0.4) is 0 Å². The fourth-order valence-electron chi connectivity index (χ4n) is 8.41. The molecule has 0 unspecified atom stereocenters. The fourth-order valence-corrected chi connectivity index (χ4v) is 8.41. The van der Waals surface area contributed by atoms with Gasteiger partial charge in [0.1, 0.15) is 35.2 Å². The van der Waals surface area contributed by atoms with Crippen LogP contribution in [0.15, 0.2) is 108 Å². The van der Waals surface area contributed by atoms with Gasteiger partial charge in [0.05, 0.1) is 13.2 Å². The zero-order valence-corrected chi connectivity index (χ0v) is 48.1. The van der Waals surface area contributed by atoms with E-state index in [0.717, 1.165) is 44.7 Å². The molecule has 0 spiro atoms. The number of rotatable bonds is 28. The second-order valence-electron chi connectivity index (χ2n) is 20.5. The fraction of sp³-hybridized carbons (Fsp3) is 0.475. The van der Waals surface area contributed by atoms with Crippen molar-refractivity contribution in [2.45, 2.75) is 138 Å². The number of ether oxygens (including phenoxy) is 4. The summed E-state index contributed by atoms with van der Waals surface area (Å²) in [6, 6.07) is 30.2. The maximum Gasteiger partial charge on any atom is 0.407 e. The molecule has 0 saturated heterocycles. The minimum atomic E-state index is -1.14. The molecule has 0 saturated carbocycles. The number of carbonyl (C=O) groups is 5.